The molecule has 158 valence electrons. The van der Waals surface area contributed by atoms with Gasteiger partial charge in [-0.25, -0.2) is 0 Å². The Balaban J connectivity index is 1.80. The van der Waals surface area contributed by atoms with E-state index in [1.54, 1.807) is 56.7 Å². The molecule has 0 unspecified atom stereocenters. The van der Waals surface area contributed by atoms with Gasteiger partial charge in [0.2, 0.25) is 0 Å². The number of thioether (sulfide) groups is 1. The van der Waals surface area contributed by atoms with Crippen LogP contribution in [-0.4, -0.2) is 30.4 Å². The number of carbonyl (C=O) groups excluding carboxylic acids is 1. The van der Waals surface area contributed by atoms with Crippen LogP contribution in [0.4, 0.5) is 0 Å². The lowest BCUT2D eigenvalue weighted by molar-refractivity contribution is -0.124. The van der Waals surface area contributed by atoms with Crippen LogP contribution in [0.1, 0.15) is 11.1 Å². The van der Waals surface area contributed by atoms with Crippen molar-refractivity contribution in [2.75, 3.05) is 14.2 Å². The molecule has 0 bridgehead atoms. The predicted molar refractivity (Wildman–Crippen MR) is 122 cm³/mol. The van der Waals surface area contributed by atoms with Gasteiger partial charge in [0.1, 0.15) is 34.3 Å². The summed E-state index contributed by atoms with van der Waals surface area (Å²) in [6.45, 7) is 0. The topological polar surface area (TPSA) is 112 Å². The van der Waals surface area contributed by atoms with E-state index in [1.807, 2.05) is 12.1 Å². The van der Waals surface area contributed by atoms with Crippen molar-refractivity contribution >= 4 is 29.3 Å². The van der Waals surface area contributed by atoms with Gasteiger partial charge in [-0.1, -0.05) is 36.0 Å². The van der Waals surface area contributed by atoms with Gasteiger partial charge in [0.05, 0.1) is 30.8 Å². The predicted octanol–water partition coefficient (Wildman–Crippen LogP) is 3.63. The first-order valence-corrected chi connectivity index (χ1v) is 10.4. The van der Waals surface area contributed by atoms with Gasteiger partial charge in [-0.3, -0.25) is 9.69 Å². The molecule has 1 atom stereocenters. The molecular formula is C24H18N4O3S. The highest BCUT2D eigenvalue weighted by Gasteiger charge is 2.45. The van der Waals surface area contributed by atoms with Crippen molar-refractivity contribution in [3.05, 3.63) is 81.5 Å². The molecule has 8 heteroatoms. The van der Waals surface area contributed by atoms with Gasteiger partial charge in [0.25, 0.3) is 5.91 Å². The molecule has 2 heterocycles. The average Bonchev–Trinajstić information content (AvgIpc) is 3.15. The second-order valence-electron chi connectivity index (χ2n) is 6.93. The van der Waals surface area contributed by atoms with Crippen LogP contribution in [0.3, 0.4) is 0 Å². The highest BCUT2D eigenvalue weighted by molar-refractivity contribution is 8.05. The zero-order chi connectivity index (χ0) is 22.8. The summed E-state index contributed by atoms with van der Waals surface area (Å²) in [6, 6.07) is 18.6. The lowest BCUT2D eigenvalue weighted by Crippen LogP contribution is -2.40. The summed E-state index contributed by atoms with van der Waals surface area (Å²) in [5.74, 6) is 1.05. The van der Waals surface area contributed by atoms with Crippen LogP contribution >= 0.6 is 11.8 Å². The van der Waals surface area contributed by atoms with E-state index in [0.717, 1.165) is 5.56 Å². The fourth-order valence-corrected chi connectivity index (χ4v) is 4.86. The number of allylic oxidation sites excluding steroid dienone is 2. The number of nitriles is 2. The van der Waals surface area contributed by atoms with E-state index in [9.17, 15) is 15.3 Å². The van der Waals surface area contributed by atoms with Gasteiger partial charge in [-0.15, -0.1) is 0 Å². The first-order valence-electron chi connectivity index (χ1n) is 9.57. The highest BCUT2D eigenvalue weighted by atomic mass is 32.2. The fourth-order valence-electron chi connectivity index (χ4n) is 3.61. The maximum Gasteiger partial charge on any atom is 0.267 e. The number of hydrogen-bond acceptors (Lipinski definition) is 7. The van der Waals surface area contributed by atoms with Crippen molar-refractivity contribution in [1.82, 2.24) is 4.90 Å². The molecule has 2 aromatic carbocycles. The van der Waals surface area contributed by atoms with Gasteiger partial charge in [0.15, 0.2) is 0 Å². The molecule has 1 saturated heterocycles. The molecule has 1 amide bonds. The van der Waals surface area contributed by atoms with Gasteiger partial charge in [0, 0.05) is 5.57 Å². The summed E-state index contributed by atoms with van der Waals surface area (Å²) in [5, 5.41) is 19.2. The highest BCUT2D eigenvalue weighted by Crippen LogP contribution is 2.48. The number of amides is 1. The van der Waals surface area contributed by atoms with Crippen molar-refractivity contribution < 1.29 is 14.3 Å². The van der Waals surface area contributed by atoms with Crippen LogP contribution in [-0.2, 0) is 4.79 Å². The van der Waals surface area contributed by atoms with Crippen LogP contribution in [0.2, 0.25) is 0 Å². The van der Waals surface area contributed by atoms with Crippen molar-refractivity contribution in [1.29, 1.82) is 10.5 Å². The molecule has 0 saturated carbocycles. The van der Waals surface area contributed by atoms with Gasteiger partial charge in [-0.05, 0) is 41.5 Å². The minimum absolute atomic E-state index is 0.0398. The second kappa shape index (κ2) is 8.54. The summed E-state index contributed by atoms with van der Waals surface area (Å²) in [7, 11) is 3.14. The first-order chi connectivity index (χ1) is 15.5. The van der Waals surface area contributed by atoms with E-state index < -0.39 is 5.37 Å². The molecule has 7 nitrogen and oxygen atoms in total. The standard InChI is InChI=1S/C24H18N4O3S/c1-30-16-7-3-14(4-8-16)11-20-23(29)28-22(27)18(12-25)21(19(13-26)24(28)32-20)15-5-9-17(31-2)10-6-15/h3-11,24H,27H2,1-2H3/b20-11-/t24-/m1/s1. The summed E-state index contributed by atoms with van der Waals surface area (Å²) < 4.78 is 10.4. The van der Waals surface area contributed by atoms with Crippen molar-refractivity contribution in [3.63, 3.8) is 0 Å². The summed E-state index contributed by atoms with van der Waals surface area (Å²) in [5.41, 5.74) is 8.59. The molecule has 0 radical (unpaired) electrons. The number of nitrogens with zero attached hydrogens (tertiary/aromatic N) is 3. The summed E-state index contributed by atoms with van der Waals surface area (Å²) in [4.78, 5) is 14.9. The van der Waals surface area contributed by atoms with Gasteiger partial charge in [-0.2, -0.15) is 10.5 Å². The SMILES string of the molecule is COc1ccc(/C=C2\S[C@@H]3C(C#N)=C(c4ccc(OC)cc4)C(C#N)=C(N)N3C2=O)cc1. The molecule has 2 aromatic rings. The zero-order valence-electron chi connectivity index (χ0n) is 17.3. The molecule has 1 fully saturated rings. The minimum Gasteiger partial charge on any atom is -0.497 e. The third-order valence-corrected chi connectivity index (χ3v) is 6.43. The fraction of sp³-hybridized carbons (Fsp3) is 0.125. The molecule has 4 rings (SSSR count). The third kappa shape index (κ3) is 3.47. The molecule has 0 aliphatic carbocycles. The van der Waals surface area contributed by atoms with E-state index in [4.69, 9.17) is 15.2 Å². The number of methoxy groups -OCH3 is 2. The van der Waals surface area contributed by atoms with Crippen LogP contribution in [0.5, 0.6) is 11.5 Å². The Kier molecular flexibility index (Phi) is 5.63. The zero-order valence-corrected chi connectivity index (χ0v) is 18.1. The number of rotatable bonds is 4. The van der Waals surface area contributed by atoms with Crippen molar-refractivity contribution in [3.8, 4) is 23.6 Å². The van der Waals surface area contributed by atoms with Gasteiger partial charge < -0.3 is 15.2 Å². The third-order valence-electron chi connectivity index (χ3n) is 5.21. The number of benzene rings is 2. The van der Waals surface area contributed by atoms with E-state index >= 15 is 0 Å². The van der Waals surface area contributed by atoms with Crippen molar-refractivity contribution in [2.45, 2.75) is 5.37 Å². The largest absolute Gasteiger partial charge is 0.497 e. The molecule has 0 aromatic heterocycles. The smallest absolute Gasteiger partial charge is 0.267 e. The number of carbonyl (C=O) groups is 1. The van der Waals surface area contributed by atoms with Crippen LogP contribution in [0, 0.1) is 22.7 Å². The Morgan fingerprint density at radius 2 is 1.59 bits per heavy atom. The second-order valence-corrected chi connectivity index (χ2v) is 8.05. The lowest BCUT2D eigenvalue weighted by Gasteiger charge is -2.30. The molecule has 2 aliphatic heterocycles. The van der Waals surface area contributed by atoms with E-state index in [1.165, 1.54) is 16.7 Å². The van der Waals surface area contributed by atoms with Gasteiger partial charge >= 0.3 is 0 Å². The van der Waals surface area contributed by atoms with Crippen LogP contribution in [0.15, 0.2) is 70.4 Å². The summed E-state index contributed by atoms with van der Waals surface area (Å²) in [6.07, 6.45) is 1.74. The maximum atomic E-state index is 13.2. The Labute approximate surface area is 189 Å². The molecule has 2 aliphatic rings. The summed E-state index contributed by atoms with van der Waals surface area (Å²) >= 11 is 1.24. The molecule has 0 spiro atoms. The average molecular weight is 443 g/mol. The number of hydrogen-bond donors (Lipinski definition) is 1. The van der Waals surface area contributed by atoms with E-state index in [2.05, 4.69) is 12.1 Å². The number of fused-ring (bicyclic) bond motifs is 1. The molecule has 32 heavy (non-hydrogen) atoms. The lowest BCUT2D eigenvalue weighted by atomic mass is 9.90. The van der Waals surface area contributed by atoms with E-state index in [-0.39, 0.29) is 17.3 Å². The Hall–Kier alpha value is -4.14. The normalized spacial score (nSPS) is 19.0. The number of nitrogens with two attached hydrogens (primary N) is 1. The first kappa shape index (κ1) is 21.1. The van der Waals surface area contributed by atoms with Crippen molar-refractivity contribution in [2.24, 2.45) is 5.73 Å². The molecule has 2 N–H and O–H groups in total. The Morgan fingerprint density at radius 1 is 1.00 bits per heavy atom. The number of ether oxygens (including phenoxy) is 2. The maximum absolute atomic E-state index is 13.2. The minimum atomic E-state index is -0.647. The van der Waals surface area contributed by atoms with Crippen LogP contribution in [0.25, 0.3) is 11.6 Å². The Morgan fingerprint density at radius 3 is 2.12 bits per heavy atom. The van der Waals surface area contributed by atoms with Crippen LogP contribution < -0.4 is 15.2 Å². The molecular weight excluding hydrogens is 424 g/mol. The van der Waals surface area contributed by atoms with E-state index in [0.29, 0.717) is 33.1 Å². The Bertz CT molecular complexity index is 1260. The monoisotopic (exact) mass is 442 g/mol. The quantitative estimate of drug-likeness (QED) is 0.720.